The van der Waals surface area contributed by atoms with Crippen LogP contribution in [-0.2, 0) is 16.0 Å². The van der Waals surface area contributed by atoms with Crippen LogP contribution in [0, 0.1) is 0 Å². The van der Waals surface area contributed by atoms with Crippen LogP contribution in [0.3, 0.4) is 0 Å². The Morgan fingerprint density at radius 2 is 2.00 bits per heavy atom. The van der Waals surface area contributed by atoms with Crippen molar-refractivity contribution in [1.82, 2.24) is 10.1 Å². The Hall–Kier alpha value is -3.20. The van der Waals surface area contributed by atoms with Gasteiger partial charge in [0.05, 0.1) is 6.42 Å². The molecule has 0 amide bonds. The first-order valence-corrected chi connectivity index (χ1v) is 9.57. The minimum atomic E-state index is -0.513. The van der Waals surface area contributed by atoms with Crippen molar-refractivity contribution in [2.45, 2.75) is 12.8 Å². The summed E-state index contributed by atoms with van der Waals surface area (Å²) in [6, 6.07) is 6.77. The SMILES string of the molecule is O=C(CCc1nc(-c2ccsc2)no1)OCC(=O)c1ccc2c(c1)OCCO2. The van der Waals surface area contributed by atoms with Gasteiger partial charge >= 0.3 is 5.97 Å². The van der Waals surface area contributed by atoms with Gasteiger partial charge in [0, 0.05) is 22.9 Å². The molecule has 0 fully saturated rings. The number of hydrogen-bond acceptors (Lipinski definition) is 9. The highest BCUT2D eigenvalue weighted by atomic mass is 32.1. The van der Waals surface area contributed by atoms with Crippen LogP contribution in [0.25, 0.3) is 11.4 Å². The van der Waals surface area contributed by atoms with E-state index in [0.29, 0.717) is 42.0 Å². The van der Waals surface area contributed by atoms with E-state index in [1.807, 2.05) is 16.8 Å². The summed E-state index contributed by atoms with van der Waals surface area (Å²) in [5, 5.41) is 7.71. The zero-order valence-corrected chi connectivity index (χ0v) is 15.6. The second-order valence-electron chi connectivity index (χ2n) is 5.97. The molecule has 0 unspecified atom stereocenters. The fourth-order valence-electron chi connectivity index (χ4n) is 2.59. The van der Waals surface area contributed by atoms with Crippen molar-refractivity contribution in [3.05, 3.63) is 46.5 Å². The molecule has 2 aromatic heterocycles. The lowest BCUT2D eigenvalue weighted by molar-refractivity contribution is -0.142. The van der Waals surface area contributed by atoms with Crippen molar-refractivity contribution in [2.75, 3.05) is 19.8 Å². The van der Waals surface area contributed by atoms with Crippen molar-refractivity contribution in [3.63, 3.8) is 0 Å². The number of rotatable bonds is 7. The molecule has 9 heteroatoms. The molecule has 0 atom stereocenters. The first-order valence-electron chi connectivity index (χ1n) is 8.62. The highest BCUT2D eigenvalue weighted by molar-refractivity contribution is 7.08. The number of carbonyl (C=O) groups is 2. The zero-order chi connectivity index (χ0) is 19.3. The van der Waals surface area contributed by atoms with E-state index in [1.54, 1.807) is 18.2 Å². The summed E-state index contributed by atoms with van der Waals surface area (Å²) in [6.07, 6.45) is 0.286. The molecule has 0 spiro atoms. The smallest absolute Gasteiger partial charge is 0.306 e. The lowest BCUT2D eigenvalue weighted by Crippen LogP contribution is -2.17. The summed E-state index contributed by atoms with van der Waals surface area (Å²) in [4.78, 5) is 28.4. The van der Waals surface area contributed by atoms with Gasteiger partial charge in [-0.15, -0.1) is 0 Å². The van der Waals surface area contributed by atoms with Gasteiger partial charge in [0.2, 0.25) is 11.7 Å². The zero-order valence-electron chi connectivity index (χ0n) is 14.8. The molecule has 1 aliphatic rings. The van der Waals surface area contributed by atoms with Crippen LogP contribution in [0.5, 0.6) is 11.5 Å². The minimum Gasteiger partial charge on any atom is -0.486 e. The minimum absolute atomic E-state index is 0.0414. The van der Waals surface area contributed by atoms with Gasteiger partial charge in [0.1, 0.15) is 13.2 Å². The van der Waals surface area contributed by atoms with Crippen LogP contribution in [0.1, 0.15) is 22.7 Å². The monoisotopic (exact) mass is 400 g/mol. The fourth-order valence-corrected chi connectivity index (χ4v) is 3.23. The molecule has 1 aromatic carbocycles. The molecule has 0 saturated heterocycles. The van der Waals surface area contributed by atoms with Gasteiger partial charge in [-0.05, 0) is 29.6 Å². The van der Waals surface area contributed by atoms with E-state index in [0.717, 1.165) is 5.56 Å². The lowest BCUT2D eigenvalue weighted by atomic mass is 10.1. The number of esters is 1. The van der Waals surface area contributed by atoms with E-state index in [2.05, 4.69) is 10.1 Å². The van der Waals surface area contributed by atoms with Crippen LogP contribution in [0.2, 0.25) is 0 Å². The molecule has 0 saturated carbocycles. The number of thiophene rings is 1. The number of Topliss-reactive ketones (excluding diaryl/α,β-unsaturated/α-hetero) is 1. The maximum absolute atomic E-state index is 12.2. The predicted molar refractivity (Wildman–Crippen MR) is 98.7 cm³/mol. The molecule has 144 valence electrons. The Kier molecular flexibility index (Phi) is 5.34. The van der Waals surface area contributed by atoms with Crippen molar-refractivity contribution in [3.8, 4) is 22.9 Å². The molecule has 4 rings (SSSR count). The molecule has 0 bridgehead atoms. The molecule has 0 radical (unpaired) electrons. The first kappa shape index (κ1) is 18.2. The standard InChI is InChI=1S/C19H16N2O6S/c22-14(12-1-2-15-16(9-12)25-7-6-24-15)10-26-18(23)4-3-17-20-19(21-27-17)13-5-8-28-11-13/h1-2,5,8-9,11H,3-4,6-7,10H2. The Bertz CT molecular complexity index is 982. The summed E-state index contributed by atoms with van der Waals surface area (Å²) >= 11 is 1.53. The Morgan fingerprint density at radius 1 is 1.14 bits per heavy atom. The number of hydrogen-bond donors (Lipinski definition) is 0. The van der Waals surface area contributed by atoms with E-state index in [4.69, 9.17) is 18.7 Å². The largest absolute Gasteiger partial charge is 0.486 e. The number of aryl methyl sites for hydroxylation is 1. The van der Waals surface area contributed by atoms with Gasteiger partial charge in [-0.3, -0.25) is 9.59 Å². The average Bonchev–Trinajstić information content (AvgIpc) is 3.41. The summed E-state index contributed by atoms with van der Waals surface area (Å²) < 4.78 is 21.0. The Morgan fingerprint density at radius 3 is 2.82 bits per heavy atom. The number of carbonyl (C=O) groups excluding carboxylic acids is 2. The predicted octanol–water partition coefficient (Wildman–Crippen LogP) is 2.93. The molecule has 3 heterocycles. The second-order valence-corrected chi connectivity index (χ2v) is 6.75. The van der Waals surface area contributed by atoms with Gasteiger partial charge in [0.25, 0.3) is 0 Å². The highest BCUT2D eigenvalue weighted by Gasteiger charge is 2.17. The molecular formula is C19H16N2O6S. The molecule has 3 aromatic rings. The van der Waals surface area contributed by atoms with E-state index < -0.39 is 5.97 Å². The Balaban J connectivity index is 1.26. The van der Waals surface area contributed by atoms with Gasteiger partial charge in [-0.2, -0.15) is 16.3 Å². The normalized spacial score (nSPS) is 12.6. The highest BCUT2D eigenvalue weighted by Crippen LogP contribution is 2.30. The van der Waals surface area contributed by atoms with Gasteiger partial charge in [-0.25, -0.2) is 0 Å². The maximum atomic E-state index is 12.2. The molecule has 28 heavy (non-hydrogen) atoms. The van der Waals surface area contributed by atoms with Crippen LogP contribution in [0.4, 0.5) is 0 Å². The number of benzene rings is 1. The molecule has 0 N–H and O–H groups in total. The molecule has 0 aliphatic carbocycles. The van der Waals surface area contributed by atoms with Crippen molar-refractivity contribution >= 4 is 23.1 Å². The van der Waals surface area contributed by atoms with Crippen LogP contribution >= 0.6 is 11.3 Å². The topological polar surface area (TPSA) is 101 Å². The number of aromatic nitrogens is 2. The molecule has 8 nitrogen and oxygen atoms in total. The lowest BCUT2D eigenvalue weighted by Gasteiger charge is -2.18. The van der Waals surface area contributed by atoms with Gasteiger partial charge < -0.3 is 18.7 Å². The summed E-state index contributed by atoms with van der Waals surface area (Å²) in [6.45, 7) is 0.568. The average molecular weight is 400 g/mol. The second kappa shape index (κ2) is 8.22. The van der Waals surface area contributed by atoms with Crippen LogP contribution < -0.4 is 9.47 Å². The van der Waals surface area contributed by atoms with Gasteiger partial charge in [-0.1, -0.05) is 5.16 Å². The van der Waals surface area contributed by atoms with E-state index >= 15 is 0 Å². The quantitative estimate of drug-likeness (QED) is 0.441. The van der Waals surface area contributed by atoms with Crippen molar-refractivity contribution in [1.29, 1.82) is 0 Å². The van der Waals surface area contributed by atoms with E-state index in [9.17, 15) is 9.59 Å². The first-order chi connectivity index (χ1) is 13.7. The van der Waals surface area contributed by atoms with Gasteiger partial charge in [0.15, 0.2) is 23.9 Å². The maximum Gasteiger partial charge on any atom is 0.306 e. The summed E-state index contributed by atoms with van der Waals surface area (Å²) in [5.74, 6) is 1.11. The fraction of sp³-hybridized carbons (Fsp3) is 0.263. The summed E-state index contributed by atoms with van der Waals surface area (Å²) in [5.41, 5.74) is 1.27. The molecular weight excluding hydrogens is 384 g/mol. The van der Waals surface area contributed by atoms with Crippen molar-refractivity contribution < 1.29 is 28.3 Å². The number of fused-ring (bicyclic) bond motifs is 1. The third kappa shape index (κ3) is 4.20. The Labute approximate surface area is 164 Å². The third-order valence-corrected chi connectivity index (χ3v) is 4.70. The summed E-state index contributed by atoms with van der Waals surface area (Å²) in [7, 11) is 0. The van der Waals surface area contributed by atoms with E-state index in [1.165, 1.54) is 11.3 Å². The van der Waals surface area contributed by atoms with Crippen molar-refractivity contribution in [2.24, 2.45) is 0 Å². The number of nitrogens with zero attached hydrogens (tertiary/aromatic N) is 2. The molecule has 1 aliphatic heterocycles. The number of ketones is 1. The number of ether oxygens (including phenoxy) is 3. The van der Waals surface area contributed by atoms with Crippen LogP contribution in [0.15, 0.2) is 39.5 Å². The third-order valence-electron chi connectivity index (χ3n) is 4.02. The van der Waals surface area contributed by atoms with Crippen LogP contribution in [-0.4, -0.2) is 41.7 Å². The van der Waals surface area contributed by atoms with E-state index in [-0.39, 0.29) is 25.2 Å².